The summed E-state index contributed by atoms with van der Waals surface area (Å²) in [6.07, 6.45) is 1.02. The van der Waals surface area contributed by atoms with E-state index in [1.165, 1.54) is 0 Å². The molecule has 82 valence electrons. The van der Waals surface area contributed by atoms with Crippen molar-refractivity contribution in [1.29, 1.82) is 0 Å². The normalized spacial score (nSPS) is 16.2. The molecule has 0 saturated heterocycles. The average molecular weight is 208 g/mol. The molecule has 0 bridgehead atoms. The molecule has 2 atom stereocenters. The molecule has 0 aromatic rings. The van der Waals surface area contributed by atoms with Gasteiger partial charge in [-0.3, -0.25) is 0 Å². The highest BCUT2D eigenvalue weighted by molar-refractivity contribution is 6.67. The van der Waals surface area contributed by atoms with E-state index in [9.17, 15) is 0 Å². The Morgan fingerprint density at radius 2 is 1.69 bits per heavy atom. The maximum absolute atomic E-state index is 5.86. The van der Waals surface area contributed by atoms with Gasteiger partial charge in [0, 0.05) is 25.8 Å². The summed E-state index contributed by atoms with van der Waals surface area (Å²) >= 11 is 0. The first-order valence-electron chi connectivity index (χ1n) is 4.37. The lowest BCUT2D eigenvalue weighted by molar-refractivity contribution is 0.229. The van der Waals surface area contributed by atoms with Crippen molar-refractivity contribution >= 4 is 8.56 Å². The first-order chi connectivity index (χ1) is 5.51. The Labute approximate surface area is 82.6 Å². The zero-order valence-electron chi connectivity index (χ0n) is 9.46. The van der Waals surface area contributed by atoms with Crippen LogP contribution < -0.4 is 11.9 Å². The van der Waals surface area contributed by atoms with Crippen LogP contribution in [0.5, 0.6) is 0 Å². The van der Waals surface area contributed by atoms with Crippen LogP contribution in [0.2, 0.25) is 12.1 Å². The standard InChI is InChI=1S/C8H21NO2Si.H3N/c1-6-8(7(2)9)12(5,10-3)11-4;/h7-8H,6,9H2,1-5H3;1H3. The van der Waals surface area contributed by atoms with Crippen molar-refractivity contribution in [3.05, 3.63) is 0 Å². The van der Waals surface area contributed by atoms with Gasteiger partial charge in [-0.15, -0.1) is 0 Å². The predicted octanol–water partition coefficient (Wildman–Crippen LogP) is 1.64. The Morgan fingerprint density at radius 3 is 1.77 bits per heavy atom. The molecule has 0 aliphatic rings. The fraction of sp³-hybridized carbons (Fsp3) is 1.00. The maximum atomic E-state index is 5.86. The Bertz CT molecular complexity index is 129. The molecule has 0 aliphatic carbocycles. The van der Waals surface area contributed by atoms with Crippen LogP contribution in [0.4, 0.5) is 0 Å². The van der Waals surface area contributed by atoms with Crippen molar-refractivity contribution in [2.75, 3.05) is 14.2 Å². The Morgan fingerprint density at radius 1 is 1.31 bits per heavy atom. The van der Waals surface area contributed by atoms with Gasteiger partial charge < -0.3 is 20.7 Å². The molecule has 0 saturated carbocycles. The minimum Gasteiger partial charge on any atom is -0.398 e. The largest absolute Gasteiger partial charge is 0.398 e. The topological polar surface area (TPSA) is 79.5 Å². The first-order valence-corrected chi connectivity index (χ1v) is 6.77. The van der Waals surface area contributed by atoms with E-state index in [0.717, 1.165) is 6.42 Å². The van der Waals surface area contributed by atoms with Gasteiger partial charge in [0.15, 0.2) is 0 Å². The van der Waals surface area contributed by atoms with Gasteiger partial charge in [0.25, 0.3) is 0 Å². The number of hydrogen-bond donors (Lipinski definition) is 2. The molecule has 5 N–H and O–H groups in total. The third kappa shape index (κ3) is 3.74. The molecule has 0 amide bonds. The Balaban J connectivity index is 0. The summed E-state index contributed by atoms with van der Waals surface area (Å²) in [5.74, 6) is 0. The van der Waals surface area contributed by atoms with Gasteiger partial charge in [0.05, 0.1) is 0 Å². The van der Waals surface area contributed by atoms with Gasteiger partial charge in [0.1, 0.15) is 0 Å². The van der Waals surface area contributed by atoms with Crippen LogP contribution in [0, 0.1) is 0 Å². The minimum atomic E-state index is -2.01. The van der Waals surface area contributed by atoms with E-state index in [-0.39, 0.29) is 12.2 Å². The van der Waals surface area contributed by atoms with Crippen molar-refractivity contribution in [2.24, 2.45) is 5.73 Å². The molecule has 0 rings (SSSR count). The average Bonchev–Trinajstić information content (AvgIpc) is 2.04. The fourth-order valence-corrected chi connectivity index (χ4v) is 4.08. The smallest absolute Gasteiger partial charge is 0.339 e. The van der Waals surface area contributed by atoms with Crippen LogP contribution >= 0.6 is 0 Å². The van der Waals surface area contributed by atoms with Crippen LogP contribution in [0.25, 0.3) is 0 Å². The number of nitrogens with two attached hydrogens (primary N) is 1. The molecule has 0 aliphatic heterocycles. The van der Waals surface area contributed by atoms with Gasteiger partial charge in [-0.05, 0) is 19.9 Å². The summed E-state index contributed by atoms with van der Waals surface area (Å²) in [6, 6.07) is 0.145. The maximum Gasteiger partial charge on any atom is 0.339 e. The highest BCUT2D eigenvalue weighted by Gasteiger charge is 2.40. The van der Waals surface area contributed by atoms with Crippen LogP contribution in [0.3, 0.4) is 0 Å². The quantitative estimate of drug-likeness (QED) is 0.673. The van der Waals surface area contributed by atoms with E-state index < -0.39 is 8.56 Å². The summed E-state index contributed by atoms with van der Waals surface area (Å²) in [6.45, 7) is 6.19. The highest BCUT2D eigenvalue weighted by atomic mass is 28.4. The minimum absolute atomic E-state index is 0. The second kappa shape index (κ2) is 6.50. The van der Waals surface area contributed by atoms with E-state index in [1.807, 2.05) is 6.92 Å². The lowest BCUT2D eigenvalue weighted by Crippen LogP contribution is -2.47. The van der Waals surface area contributed by atoms with E-state index in [0.29, 0.717) is 5.54 Å². The molecule has 0 heterocycles. The van der Waals surface area contributed by atoms with Gasteiger partial charge in [-0.25, -0.2) is 0 Å². The van der Waals surface area contributed by atoms with Crippen LogP contribution in [-0.2, 0) is 8.85 Å². The fourth-order valence-electron chi connectivity index (χ4n) is 1.61. The second-order valence-electron chi connectivity index (χ2n) is 3.30. The van der Waals surface area contributed by atoms with E-state index >= 15 is 0 Å². The highest BCUT2D eigenvalue weighted by Crippen LogP contribution is 2.28. The van der Waals surface area contributed by atoms with E-state index in [1.54, 1.807) is 14.2 Å². The summed E-state index contributed by atoms with van der Waals surface area (Å²) < 4.78 is 10.9. The third-order valence-corrected chi connectivity index (χ3v) is 6.46. The van der Waals surface area contributed by atoms with E-state index in [2.05, 4.69) is 13.5 Å². The molecular formula is C8H24N2O2Si. The molecule has 0 radical (unpaired) electrons. The first kappa shape index (κ1) is 15.5. The second-order valence-corrected chi connectivity index (χ2v) is 6.89. The van der Waals surface area contributed by atoms with Gasteiger partial charge in [0.2, 0.25) is 0 Å². The molecule has 5 heteroatoms. The summed E-state index contributed by atoms with van der Waals surface area (Å²) in [4.78, 5) is 0. The van der Waals surface area contributed by atoms with Crippen molar-refractivity contribution < 1.29 is 8.85 Å². The lowest BCUT2D eigenvalue weighted by Gasteiger charge is -2.33. The number of rotatable bonds is 5. The Kier molecular flexibility index (Phi) is 7.76. The van der Waals surface area contributed by atoms with Crippen LogP contribution in [0.15, 0.2) is 0 Å². The summed E-state index contributed by atoms with van der Waals surface area (Å²) in [7, 11) is 1.40. The van der Waals surface area contributed by atoms with Gasteiger partial charge >= 0.3 is 8.56 Å². The molecule has 0 fully saturated rings. The molecule has 0 aromatic heterocycles. The third-order valence-electron chi connectivity index (χ3n) is 2.56. The van der Waals surface area contributed by atoms with Crippen LogP contribution in [0.1, 0.15) is 20.3 Å². The summed E-state index contributed by atoms with van der Waals surface area (Å²) in [5.41, 5.74) is 6.23. The van der Waals surface area contributed by atoms with Gasteiger partial charge in [-0.1, -0.05) is 6.92 Å². The molecule has 0 aromatic carbocycles. The van der Waals surface area contributed by atoms with Crippen molar-refractivity contribution in [1.82, 2.24) is 6.15 Å². The van der Waals surface area contributed by atoms with Crippen LogP contribution in [-0.4, -0.2) is 28.8 Å². The predicted molar refractivity (Wildman–Crippen MR) is 58.3 cm³/mol. The van der Waals surface area contributed by atoms with Crippen molar-refractivity contribution in [3.63, 3.8) is 0 Å². The molecular weight excluding hydrogens is 184 g/mol. The van der Waals surface area contributed by atoms with Crippen molar-refractivity contribution in [2.45, 2.75) is 38.4 Å². The molecule has 2 unspecified atom stereocenters. The monoisotopic (exact) mass is 208 g/mol. The molecule has 4 nitrogen and oxygen atoms in total. The number of hydrogen-bond acceptors (Lipinski definition) is 4. The SMILES string of the molecule is CCC(C(C)N)[Si](C)(OC)OC.N. The lowest BCUT2D eigenvalue weighted by atomic mass is 10.2. The summed E-state index contributed by atoms with van der Waals surface area (Å²) in [5, 5.41) is 0. The molecule has 0 spiro atoms. The van der Waals surface area contributed by atoms with E-state index in [4.69, 9.17) is 14.6 Å². The zero-order chi connectivity index (χ0) is 9.78. The molecule has 13 heavy (non-hydrogen) atoms. The van der Waals surface area contributed by atoms with Gasteiger partial charge in [-0.2, -0.15) is 0 Å². The van der Waals surface area contributed by atoms with Crippen molar-refractivity contribution in [3.8, 4) is 0 Å². The Hall–Kier alpha value is 0.0569. The zero-order valence-corrected chi connectivity index (χ0v) is 10.5.